The SMILES string of the molecule is COC(=O)C(CCSc1ncco1)NC(C)C. The first kappa shape index (κ1) is 14.1. The number of esters is 1. The molecule has 0 aliphatic heterocycles. The number of aromatic nitrogens is 1. The maximum absolute atomic E-state index is 11.5. The van der Waals surface area contributed by atoms with E-state index in [1.807, 2.05) is 13.8 Å². The highest BCUT2D eigenvalue weighted by molar-refractivity contribution is 7.99. The number of carbonyl (C=O) groups excluding carboxylic acids is 1. The Labute approximate surface area is 105 Å². The van der Waals surface area contributed by atoms with Crippen LogP contribution < -0.4 is 5.32 Å². The lowest BCUT2D eigenvalue weighted by Crippen LogP contribution is -2.41. The summed E-state index contributed by atoms with van der Waals surface area (Å²) in [6.45, 7) is 3.99. The number of hydrogen-bond donors (Lipinski definition) is 1. The van der Waals surface area contributed by atoms with Gasteiger partial charge in [-0.1, -0.05) is 25.6 Å². The fourth-order valence-electron chi connectivity index (χ4n) is 1.36. The molecule has 0 aliphatic rings. The summed E-state index contributed by atoms with van der Waals surface area (Å²) in [5.41, 5.74) is 0. The largest absolute Gasteiger partial charge is 0.468 e. The summed E-state index contributed by atoms with van der Waals surface area (Å²) in [6, 6.07) is -0.0340. The molecule has 0 saturated heterocycles. The zero-order valence-electron chi connectivity index (χ0n) is 10.3. The molecule has 0 aliphatic carbocycles. The maximum atomic E-state index is 11.5. The Hall–Kier alpha value is -1.01. The van der Waals surface area contributed by atoms with E-state index in [0.29, 0.717) is 11.6 Å². The molecule has 0 saturated carbocycles. The molecule has 0 spiro atoms. The average molecular weight is 258 g/mol. The topological polar surface area (TPSA) is 64.4 Å². The number of thioether (sulfide) groups is 1. The molecule has 0 amide bonds. The Bertz CT molecular complexity index is 327. The van der Waals surface area contributed by atoms with Gasteiger partial charge in [-0.15, -0.1) is 0 Å². The summed E-state index contributed by atoms with van der Waals surface area (Å²) in [5, 5.41) is 3.80. The van der Waals surface area contributed by atoms with E-state index in [4.69, 9.17) is 9.15 Å². The van der Waals surface area contributed by atoms with E-state index >= 15 is 0 Å². The maximum Gasteiger partial charge on any atom is 0.322 e. The fraction of sp³-hybridized carbons (Fsp3) is 0.636. The van der Waals surface area contributed by atoms with Crippen molar-refractivity contribution in [1.29, 1.82) is 0 Å². The van der Waals surface area contributed by atoms with Crippen molar-refractivity contribution in [2.45, 2.75) is 37.6 Å². The molecule has 0 aromatic carbocycles. The van der Waals surface area contributed by atoms with Gasteiger partial charge >= 0.3 is 5.97 Å². The number of carbonyl (C=O) groups is 1. The molecule has 0 fully saturated rings. The smallest absolute Gasteiger partial charge is 0.322 e. The lowest BCUT2D eigenvalue weighted by atomic mass is 10.2. The Morgan fingerprint density at radius 3 is 2.94 bits per heavy atom. The predicted molar refractivity (Wildman–Crippen MR) is 65.9 cm³/mol. The minimum Gasteiger partial charge on any atom is -0.468 e. The van der Waals surface area contributed by atoms with Crippen LogP contribution in [0.2, 0.25) is 0 Å². The molecule has 1 N–H and O–H groups in total. The third-order valence-corrected chi connectivity index (χ3v) is 2.95. The number of nitrogens with zero attached hydrogens (tertiary/aromatic N) is 1. The summed E-state index contributed by atoms with van der Waals surface area (Å²) in [7, 11) is 1.40. The van der Waals surface area contributed by atoms with Crippen LogP contribution >= 0.6 is 11.8 Å². The van der Waals surface area contributed by atoms with E-state index in [1.54, 1.807) is 6.20 Å². The molecule has 1 atom stereocenters. The van der Waals surface area contributed by atoms with Gasteiger partial charge in [0.25, 0.3) is 5.22 Å². The van der Waals surface area contributed by atoms with Gasteiger partial charge in [-0.25, -0.2) is 4.98 Å². The average Bonchev–Trinajstić information content (AvgIpc) is 2.79. The van der Waals surface area contributed by atoms with Gasteiger partial charge in [0.1, 0.15) is 12.3 Å². The molecule has 1 rings (SSSR count). The molecule has 1 heterocycles. The summed E-state index contributed by atoms with van der Waals surface area (Å²) in [4.78, 5) is 15.5. The fourth-order valence-corrected chi connectivity index (χ4v) is 2.15. The van der Waals surface area contributed by atoms with Crippen LogP contribution in [-0.4, -0.2) is 35.9 Å². The minimum atomic E-state index is -0.275. The van der Waals surface area contributed by atoms with Crippen molar-refractivity contribution in [1.82, 2.24) is 10.3 Å². The normalized spacial score (nSPS) is 12.7. The van der Waals surface area contributed by atoms with E-state index in [9.17, 15) is 4.79 Å². The zero-order chi connectivity index (χ0) is 12.7. The van der Waals surface area contributed by atoms with Crippen LogP contribution in [0.15, 0.2) is 22.1 Å². The quantitative estimate of drug-likeness (QED) is 0.593. The van der Waals surface area contributed by atoms with Crippen molar-refractivity contribution in [3.8, 4) is 0 Å². The predicted octanol–water partition coefficient (Wildman–Crippen LogP) is 1.70. The summed E-state index contributed by atoms with van der Waals surface area (Å²) in [6.07, 6.45) is 3.82. The van der Waals surface area contributed by atoms with Crippen LogP contribution in [0.1, 0.15) is 20.3 Å². The molecule has 0 radical (unpaired) electrons. The van der Waals surface area contributed by atoms with Crippen LogP contribution in [-0.2, 0) is 9.53 Å². The van der Waals surface area contributed by atoms with Crippen LogP contribution in [0.4, 0.5) is 0 Å². The first-order valence-electron chi connectivity index (χ1n) is 5.49. The van der Waals surface area contributed by atoms with E-state index in [1.165, 1.54) is 25.1 Å². The van der Waals surface area contributed by atoms with Crippen molar-refractivity contribution in [2.24, 2.45) is 0 Å². The van der Waals surface area contributed by atoms with Crippen LogP contribution in [0.5, 0.6) is 0 Å². The Morgan fingerprint density at radius 1 is 1.65 bits per heavy atom. The first-order valence-corrected chi connectivity index (χ1v) is 6.48. The highest BCUT2D eigenvalue weighted by atomic mass is 32.2. The first-order chi connectivity index (χ1) is 8.13. The van der Waals surface area contributed by atoms with Gasteiger partial charge in [0.05, 0.1) is 13.3 Å². The molecular weight excluding hydrogens is 240 g/mol. The Kier molecular flexibility index (Phi) is 6.07. The van der Waals surface area contributed by atoms with E-state index in [-0.39, 0.29) is 18.1 Å². The number of ether oxygens (including phenoxy) is 1. The van der Waals surface area contributed by atoms with Gasteiger partial charge < -0.3 is 14.5 Å². The van der Waals surface area contributed by atoms with Crippen LogP contribution in [0.3, 0.4) is 0 Å². The molecule has 1 aromatic rings. The van der Waals surface area contributed by atoms with Crippen molar-refractivity contribution in [3.05, 3.63) is 12.5 Å². The summed E-state index contributed by atoms with van der Waals surface area (Å²) in [5.74, 6) is 0.520. The molecule has 0 bridgehead atoms. The second-order valence-electron chi connectivity index (χ2n) is 3.83. The van der Waals surface area contributed by atoms with Crippen molar-refractivity contribution < 1.29 is 13.9 Å². The molecule has 96 valence electrons. The third-order valence-electron chi connectivity index (χ3n) is 2.06. The zero-order valence-corrected chi connectivity index (χ0v) is 11.1. The van der Waals surface area contributed by atoms with Crippen molar-refractivity contribution in [2.75, 3.05) is 12.9 Å². The van der Waals surface area contributed by atoms with E-state index < -0.39 is 0 Å². The highest BCUT2D eigenvalue weighted by Gasteiger charge is 2.19. The van der Waals surface area contributed by atoms with Gasteiger partial charge in [0.15, 0.2) is 0 Å². The van der Waals surface area contributed by atoms with Crippen LogP contribution in [0, 0.1) is 0 Å². The molecule has 1 aromatic heterocycles. The number of methoxy groups -OCH3 is 1. The lowest BCUT2D eigenvalue weighted by molar-refractivity contribution is -0.143. The number of nitrogens with one attached hydrogen (secondary N) is 1. The standard InChI is InChI=1S/C11H18N2O3S/c1-8(2)13-9(10(14)15-3)4-7-17-11-12-5-6-16-11/h5-6,8-9,13H,4,7H2,1-3H3. The van der Waals surface area contributed by atoms with Gasteiger partial charge in [-0.05, 0) is 6.42 Å². The second kappa shape index (κ2) is 7.34. The van der Waals surface area contributed by atoms with Gasteiger partial charge in [0, 0.05) is 11.8 Å². The minimum absolute atomic E-state index is 0.230. The number of oxazole rings is 1. The molecule has 5 nitrogen and oxygen atoms in total. The Morgan fingerprint density at radius 2 is 2.41 bits per heavy atom. The van der Waals surface area contributed by atoms with Crippen molar-refractivity contribution >= 4 is 17.7 Å². The molecular formula is C11H18N2O3S. The van der Waals surface area contributed by atoms with Crippen LogP contribution in [0.25, 0.3) is 0 Å². The van der Waals surface area contributed by atoms with Crippen molar-refractivity contribution in [3.63, 3.8) is 0 Å². The third kappa shape index (κ3) is 5.23. The van der Waals surface area contributed by atoms with Gasteiger partial charge in [-0.2, -0.15) is 0 Å². The molecule has 6 heteroatoms. The summed E-state index contributed by atoms with van der Waals surface area (Å²) < 4.78 is 9.85. The number of hydrogen-bond acceptors (Lipinski definition) is 6. The Balaban J connectivity index is 2.35. The lowest BCUT2D eigenvalue weighted by Gasteiger charge is -2.18. The van der Waals surface area contributed by atoms with E-state index in [2.05, 4.69) is 10.3 Å². The highest BCUT2D eigenvalue weighted by Crippen LogP contribution is 2.16. The number of rotatable bonds is 7. The second-order valence-corrected chi connectivity index (χ2v) is 4.88. The molecule has 17 heavy (non-hydrogen) atoms. The summed E-state index contributed by atoms with van der Waals surface area (Å²) >= 11 is 1.48. The van der Waals surface area contributed by atoms with Gasteiger partial charge in [-0.3, -0.25) is 4.79 Å². The monoisotopic (exact) mass is 258 g/mol. The van der Waals surface area contributed by atoms with Gasteiger partial charge in [0.2, 0.25) is 0 Å². The molecule has 1 unspecified atom stereocenters. The van der Waals surface area contributed by atoms with E-state index in [0.717, 1.165) is 5.75 Å².